The lowest BCUT2D eigenvalue weighted by Gasteiger charge is -2.15. The number of nitrogens with one attached hydrogen (secondary N) is 1. The molecule has 0 bridgehead atoms. The summed E-state index contributed by atoms with van der Waals surface area (Å²) in [5.41, 5.74) is 3.63. The van der Waals surface area contributed by atoms with Crippen molar-refractivity contribution in [2.75, 3.05) is 0 Å². The average Bonchev–Trinajstić information content (AvgIpc) is 2.77. The molecule has 0 radical (unpaired) electrons. The number of halogens is 3. The molecule has 1 atom stereocenters. The van der Waals surface area contributed by atoms with E-state index in [1.807, 2.05) is 12.1 Å². The van der Waals surface area contributed by atoms with Crippen LogP contribution in [0.2, 0.25) is 9.36 Å². The van der Waals surface area contributed by atoms with Crippen molar-refractivity contribution in [1.29, 1.82) is 0 Å². The summed E-state index contributed by atoms with van der Waals surface area (Å²) in [4.78, 5) is 1.14. The molecule has 0 spiro atoms. The molecule has 0 aliphatic heterocycles. The third-order valence-corrected chi connectivity index (χ3v) is 4.40. The molecule has 1 heterocycles. The smallest absolute Gasteiger partial charge is 0.124 e. The predicted molar refractivity (Wildman–Crippen MR) is 79.3 cm³/mol. The first kappa shape index (κ1) is 14.8. The maximum Gasteiger partial charge on any atom is 0.124 e. The van der Waals surface area contributed by atoms with Crippen LogP contribution in [0.1, 0.15) is 10.4 Å². The fourth-order valence-electron chi connectivity index (χ4n) is 1.85. The summed E-state index contributed by atoms with van der Waals surface area (Å²) in [6, 6.07) is 8.26. The van der Waals surface area contributed by atoms with Gasteiger partial charge in [0.1, 0.15) is 5.82 Å². The SMILES string of the molecule is NNC(Cc1ccc(Cl)s1)Cc1ccc(F)cc1Cl. The summed E-state index contributed by atoms with van der Waals surface area (Å²) >= 11 is 13.4. The van der Waals surface area contributed by atoms with Gasteiger partial charge in [0.25, 0.3) is 0 Å². The number of thiophene rings is 1. The molecular formula is C13H13Cl2FN2S. The van der Waals surface area contributed by atoms with Gasteiger partial charge in [-0.1, -0.05) is 29.3 Å². The summed E-state index contributed by atoms with van der Waals surface area (Å²) in [6.45, 7) is 0. The molecule has 1 aromatic carbocycles. The van der Waals surface area contributed by atoms with Crippen LogP contribution in [0.15, 0.2) is 30.3 Å². The number of rotatable bonds is 5. The van der Waals surface area contributed by atoms with Gasteiger partial charge in [0, 0.05) is 15.9 Å². The zero-order valence-electron chi connectivity index (χ0n) is 10.00. The predicted octanol–water partition coefficient (Wildman–Crippen LogP) is 3.81. The van der Waals surface area contributed by atoms with E-state index >= 15 is 0 Å². The van der Waals surface area contributed by atoms with Gasteiger partial charge < -0.3 is 0 Å². The summed E-state index contributed by atoms with van der Waals surface area (Å²) < 4.78 is 13.7. The Morgan fingerprint density at radius 3 is 2.58 bits per heavy atom. The third-order valence-electron chi connectivity index (χ3n) is 2.79. The molecule has 1 aromatic heterocycles. The molecule has 2 aromatic rings. The van der Waals surface area contributed by atoms with Gasteiger partial charge in [-0.3, -0.25) is 11.3 Å². The first-order chi connectivity index (χ1) is 9.08. The van der Waals surface area contributed by atoms with Crippen molar-refractivity contribution in [2.45, 2.75) is 18.9 Å². The molecule has 0 saturated carbocycles. The van der Waals surface area contributed by atoms with Crippen molar-refractivity contribution in [3.8, 4) is 0 Å². The monoisotopic (exact) mass is 318 g/mol. The minimum absolute atomic E-state index is 0.0256. The van der Waals surface area contributed by atoms with Crippen LogP contribution in [0.25, 0.3) is 0 Å². The van der Waals surface area contributed by atoms with E-state index in [2.05, 4.69) is 5.43 Å². The second kappa shape index (κ2) is 6.68. The highest BCUT2D eigenvalue weighted by atomic mass is 35.5. The average molecular weight is 319 g/mol. The molecular weight excluding hydrogens is 306 g/mol. The van der Waals surface area contributed by atoms with E-state index in [4.69, 9.17) is 29.0 Å². The van der Waals surface area contributed by atoms with Gasteiger partial charge in [-0.15, -0.1) is 11.3 Å². The quantitative estimate of drug-likeness (QED) is 0.650. The van der Waals surface area contributed by atoms with Crippen molar-refractivity contribution in [2.24, 2.45) is 5.84 Å². The van der Waals surface area contributed by atoms with Crippen LogP contribution in [0, 0.1) is 5.82 Å². The number of hydrazine groups is 1. The van der Waals surface area contributed by atoms with Crippen molar-refractivity contribution in [1.82, 2.24) is 5.43 Å². The Balaban J connectivity index is 2.06. The Hall–Kier alpha value is -0.650. The molecule has 1 unspecified atom stereocenters. The highest BCUT2D eigenvalue weighted by molar-refractivity contribution is 7.16. The molecule has 0 saturated heterocycles. The van der Waals surface area contributed by atoms with Crippen molar-refractivity contribution < 1.29 is 4.39 Å². The standard InChI is InChI=1S/C13H13Cl2FN2S/c14-12-6-9(16)2-1-8(12)5-10(18-17)7-11-3-4-13(15)19-11/h1-4,6,10,18H,5,7,17H2. The van der Waals surface area contributed by atoms with Crippen LogP contribution in [0.3, 0.4) is 0 Å². The summed E-state index contributed by atoms with van der Waals surface area (Å²) in [7, 11) is 0. The van der Waals surface area contributed by atoms with Crippen LogP contribution < -0.4 is 11.3 Å². The molecule has 0 aliphatic rings. The zero-order chi connectivity index (χ0) is 13.8. The van der Waals surface area contributed by atoms with Gasteiger partial charge in [0.2, 0.25) is 0 Å². The summed E-state index contributed by atoms with van der Waals surface area (Å²) in [5.74, 6) is 5.22. The van der Waals surface area contributed by atoms with Gasteiger partial charge >= 0.3 is 0 Å². The Morgan fingerprint density at radius 2 is 2.00 bits per heavy atom. The third kappa shape index (κ3) is 4.16. The van der Waals surface area contributed by atoms with Crippen molar-refractivity contribution in [3.05, 3.63) is 55.9 Å². The van der Waals surface area contributed by atoms with Gasteiger partial charge in [-0.25, -0.2) is 4.39 Å². The Kier molecular flexibility index (Phi) is 5.19. The van der Waals surface area contributed by atoms with Gasteiger partial charge in [0.15, 0.2) is 0 Å². The number of hydrogen-bond acceptors (Lipinski definition) is 3. The highest BCUT2D eigenvalue weighted by Crippen LogP contribution is 2.24. The topological polar surface area (TPSA) is 38.0 Å². The highest BCUT2D eigenvalue weighted by Gasteiger charge is 2.13. The molecule has 0 amide bonds. The minimum Gasteiger partial charge on any atom is -0.271 e. The van der Waals surface area contributed by atoms with Crippen molar-refractivity contribution >= 4 is 34.5 Å². The van der Waals surface area contributed by atoms with E-state index in [0.717, 1.165) is 21.2 Å². The fraction of sp³-hybridized carbons (Fsp3) is 0.231. The van der Waals surface area contributed by atoms with Gasteiger partial charge in [-0.05, 0) is 42.7 Å². The lowest BCUT2D eigenvalue weighted by atomic mass is 10.0. The molecule has 2 rings (SSSR count). The second-order valence-corrected chi connectivity index (χ2v) is 6.42. The largest absolute Gasteiger partial charge is 0.271 e. The Labute approximate surface area is 125 Å². The number of nitrogens with two attached hydrogens (primary N) is 1. The van der Waals surface area contributed by atoms with E-state index < -0.39 is 0 Å². The number of hydrogen-bond donors (Lipinski definition) is 2. The van der Waals surface area contributed by atoms with Crippen LogP contribution >= 0.6 is 34.5 Å². The maximum absolute atomic E-state index is 13.0. The van der Waals surface area contributed by atoms with Crippen LogP contribution in [0.5, 0.6) is 0 Å². The van der Waals surface area contributed by atoms with Gasteiger partial charge in [0.05, 0.1) is 4.34 Å². The first-order valence-electron chi connectivity index (χ1n) is 5.72. The first-order valence-corrected chi connectivity index (χ1v) is 7.30. The van der Waals surface area contributed by atoms with Crippen molar-refractivity contribution in [3.63, 3.8) is 0 Å². The fourth-order valence-corrected chi connectivity index (χ4v) is 3.26. The molecule has 0 aliphatic carbocycles. The summed E-state index contributed by atoms with van der Waals surface area (Å²) in [6.07, 6.45) is 1.38. The molecule has 19 heavy (non-hydrogen) atoms. The lowest BCUT2D eigenvalue weighted by molar-refractivity contribution is 0.525. The Bertz CT molecular complexity index is 559. The van der Waals surface area contributed by atoms with E-state index in [1.165, 1.54) is 23.5 Å². The molecule has 6 heteroatoms. The van der Waals surface area contributed by atoms with Crippen LogP contribution in [-0.4, -0.2) is 6.04 Å². The van der Waals surface area contributed by atoms with E-state index in [0.29, 0.717) is 11.4 Å². The maximum atomic E-state index is 13.0. The second-order valence-electron chi connectivity index (χ2n) is 4.21. The zero-order valence-corrected chi connectivity index (χ0v) is 12.3. The van der Waals surface area contributed by atoms with Crippen LogP contribution in [-0.2, 0) is 12.8 Å². The number of benzene rings is 1. The lowest BCUT2D eigenvalue weighted by Crippen LogP contribution is -2.38. The van der Waals surface area contributed by atoms with E-state index in [1.54, 1.807) is 6.07 Å². The Morgan fingerprint density at radius 1 is 1.21 bits per heavy atom. The van der Waals surface area contributed by atoms with E-state index in [-0.39, 0.29) is 11.9 Å². The normalized spacial score (nSPS) is 12.6. The molecule has 3 N–H and O–H groups in total. The van der Waals surface area contributed by atoms with Gasteiger partial charge in [-0.2, -0.15) is 0 Å². The minimum atomic E-state index is -0.337. The van der Waals surface area contributed by atoms with E-state index in [9.17, 15) is 4.39 Å². The molecule has 2 nitrogen and oxygen atoms in total. The van der Waals surface area contributed by atoms with Crippen LogP contribution in [0.4, 0.5) is 4.39 Å². The molecule has 102 valence electrons. The molecule has 0 fully saturated rings. The summed E-state index contributed by atoms with van der Waals surface area (Å²) in [5, 5.41) is 0.421.